The lowest BCUT2D eigenvalue weighted by Crippen LogP contribution is -2.18. The minimum absolute atomic E-state index is 0.0202. The van der Waals surface area contributed by atoms with Crippen LogP contribution in [0, 0.1) is 5.92 Å². The van der Waals surface area contributed by atoms with Crippen LogP contribution in [0.1, 0.15) is 39.5 Å². The standard InChI is InChI=1S/C23H27NO5/c1-3-5-6-14(4-2)13-24-18-11-17(26)12-19(27)20(18)22(28)23(29)21(24)15-7-9-16(25)10-8-15/h7-12,14,25-27,29H,3-6,13H2,1-2H3. The van der Waals surface area contributed by atoms with Gasteiger partial charge < -0.3 is 25.0 Å². The molecule has 0 saturated carbocycles. The highest BCUT2D eigenvalue weighted by atomic mass is 16.3. The number of benzene rings is 2. The summed E-state index contributed by atoms with van der Waals surface area (Å²) in [5.74, 6) is -0.623. The zero-order valence-corrected chi connectivity index (χ0v) is 16.7. The van der Waals surface area contributed by atoms with Crippen molar-refractivity contribution in [3.05, 3.63) is 46.6 Å². The molecular weight excluding hydrogens is 370 g/mol. The van der Waals surface area contributed by atoms with Gasteiger partial charge in [-0.25, -0.2) is 0 Å². The molecule has 1 heterocycles. The largest absolute Gasteiger partial charge is 0.508 e. The van der Waals surface area contributed by atoms with Crippen molar-refractivity contribution in [2.24, 2.45) is 5.92 Å². The first kappa shape index (κ1) is 20.6. The van der Waals surface area contributed by atoms with Crippen LogP contribution in [0.15, 0.2) is 41.2 Å². The third-order valence-electron chi connectivity index (χ3n) is 5.43. The summed E-state index contributed by atoms with van der Waals surface area (Å²) in [6, 6.07) is 8.77. The maximum Gasteiger partial charge on any atom is 0.235 e. The monoisotopic (exact) mass is 397 g/mol. The second-order valence-electron chi connectivity index (χ2n) is 7.46. The van der Waals surface area contributed by atoms with E-state index >= 15 is 0 Å². The van der Waals surface area contributed by atoms with Gasteiger partial charge in [-0.2, -0.15) is 0 Å². The first-order valence-corrected chi connectivity index (χ1v) is 9.98. The Balaban J connectivity index is 2.34. The molecule has 0 amide bonds. The first-order valence-electron chi connectivity index (χ1n) is 9.98. The molecule has 0 fully saturated rings. The lowest BCUT2D eigenvalue weighted by molar-refractivity contribution is 0.391. The lowest BCUT2D eigenvalue weighted by Gasteiger charge is -2.23. The molecule has 4 N–H and O–H groups in total. The molecule has 29 heavy (non-hydrogen) atoms. The normalized spacial score (nSPS) is 12.3. The van der Waals surface area contributed by atoms with Gasteiger partial charge in [-0.05, 0) is 36.6 Å². The molecule has 0 bridgehead atoms. The molecule has 154 valence electrons. The van der Waals surface area contributed by atoms with Crippen molar-refractivity contribution in [2.45, 2.75) is 46.1 Å². The fourth-order valence-electron chi connectivity index (χ4n) is 3.79. The van der Waals surface area contributed by atoms with Crippen molar-refractivity contribution in [3.63, 3.8) is 0 Å². The van der Waals surface area contributed by atoms with Gasteiger partial charge in [0.1, 0.15) is 17.2 Å². The minimum atomic E-state index is -0.696. The Kier molecular flexibility index (Phi) is 6.01. The smallest absolute Gasteiger partial charge is 0.235 e. The number of pyridine rings is 1. The van der Waals surface area contributed by atoms with Gasteiger partial charge in [0, 0.05) is 24.2 Å². The summed E-state index contributed by atoms with van der Waals surface area (Å²) in [6.45, 7) is 4.74. The highest BCUT2D eigenvalue weighted by Crippen LogP contribution is 2.36. The number of phenols is 3. The van der Waals surface area contributed by atoms with Crippen molar-refractivity contribution < 1.29 is 20.4 Å². The van der Waals surface area contributed by atoms with Crippen LogP contribution < -0.4 is 5.43 Å². The third-order valence-corrected chi connectivity index (χ3v) is 5.43. The van der Waals surface area contributed by atoms with E-state index in [1.807, 2.05) is 0 Å². The summed E-state index contributed by atoms with van der Waals surface area (Å²) >= 11 is 0. The first-order chi connectivity index (χ1) is 13.9. The maximum absolute atomic E-state index is 12.8. The molecule has 1 atom stereocenters. The summed E-state index contributed by atoms with van der Waals surface area (Å²) in [5, 5.41) is 40.7. The van der Waals surface area contributed by atoms with Crippen molar-refractivity contribution in [2.75, 3.05) is 0 Å². The quantitative estimate of drug-likeness (QED) is 0.462. The molecule has 0 saturated heterocycles. The number of rotatable bonds is 7. The maximum atomic E-state index is 12.8. The highest BCUT2D eigenvalue weighted by molar-refractivity contribution is 5.91. The number of hydrogen-bond donors (Lipinski definition) is 4. The topological polar surface area (TPSA) is 103 Å². The highest BCUT2D eigenvalue weighted by Gasteiger charge is 2.22. The molecule has 0 radical (unpaired) electrons. The van der Waals surface area contributed by atoms with Crippen LogP contribution in [-0.2, 0) is 6.54 Å². The molecule has 1 unspecified atom stereocenters. The number of nitrogens with zero attached hydrogens (tertiary/aromatic N) is 1. The minimum Gasteiger partial charge on any atom is -0.508 e. The fraction of sp³-hybridized carbons (Fsp3) is 0.348. The zero-order chi connectivity index (χ0) is 21.1. The van der Waals surface area contributed by atoms with Crippen LogP contribution in [0.3, 0.4) is 0 Å². The summed E-state index contributed by atoms with van der Waals surface area (Å²) < 4.78 is 1.79. The number of phenolic OH excluding ortho intramolecular Hbond substituents is 3. The van der Waals surface area contributed by atoms with Gasteiger partial charge in [-0.1, -0.05) is 33.1 Å². The van der Waals surface area contributed by atoms with Crippen molar-refractivity contribution in [3.8, 4) is 34.3 Å². The van der Waals surface area contributed by atoms with Crippen LogP contribution >= 0.6 is 0 Å². The van der Waals surface area contributed by atoms with Crippen LogP contribution in [0.5, 0.6) is 23.0 Å². The Morgan fingerprint density at radius 1 is 0.966 bits per heavy atom. The predicted molar refractivity (Wildman–Crippen MR) is 114 cm³/mol. The second-order valence-corrected chi connectivity index (χ2v) is 7.46. The van der Waals surface area contributed by atoms with Gasteiger partial charge in [0.05, 0.1) is 16.6 Å². The van der Waals surface area contributed by atoms with E-state index in [9.17, 15) is 25.2 Å². The Morgan fingerprint density at radius 2 is 1.66 bits per heavy atom. The predicted octanol–water partition coefficient (Wildman–Crippen LogP) is 4.71. The number of aromatic hydroxyl groups is 4. The number of hydrogen-bond acceptors (Lipinski definition) is 5. The molecule has 3 rings (SSSR count). The van der Waals surface area contributed by atoms with Crippen molar-refractivity contribution in [1.82, 2.24) is 4.57 Å². The van der Waals surface area contributed by atoms with E-state index in [0.29, 0.717) is 29.2 Å². The summed E-state index contributed by atoms with van der Waals surface area (Å²) in [6.07, 6.45) is 4.03. The van der Waals surface area contributed by atoms with Gasteiger partial charge in [0.15, 0.2) is 5.75 Å². The number of unbranched alkanes of at least 4 members (excludes halogenated alkanes) is 1. The molecule has 0 aliphatic rings. The third kappa shape index (κ3) is 4.01. The summed E-state index contributed by atoms with van der Waals surface area (Å²) in [5.41, 5.74) is 0.539. The molecule has 3 aromatic rings. The average molecular weight is 397 g/mol. The molecule has 6 nitrogen and oxygen atoms in total. The average Bonchev–Trinajstić information content (AvgIpc) is 2.69. The molecular formula is C23H27NO5. The van der Waals surface area contributed by atoms with Crippen LogP contribution in [0.25, 0.3) is 22.2 Å². The van der Waals surface area contributed by atoms with Gasteiger partial charge in [-0.3, -0.25) is 4.79 Å². The van der Waals surface area contributed by atoms with Crippen molar-refractivity contribution in [1.29, 1.82) is 0 Å². The number of fused-ring (bicyclic) bond motifs is 1. The van der Waals surface area contributed by atoms with E-state index in [0.717, 1.165) is 31.7 Å². The fourth-order valence-corrected chi connectivity index (χ4v) is 3.79. The van der Waals surface area contributed by atoms with Crippen molar-refractivity contribution >= 4 is 10.9 Å². The molecule has 0 aliphatic carbocycles. The van der Waals surface area contributed by atoms with E-state index in [-0.39, 0.29) is 22.6 Å². The van der Waals surface area contributed by atoms with Crippen LogP contribution in [0.2, 0.25) is 0 Å². The summed E-state index contributed by atoms with van der Waals surface area (Å²) in [4.78, 5) is 12.8. The SMILES string of the molecule is CCCCC(CC)Cn1c(-c2ccc(O)cc2)c(O)c(=O)c2c(O)cc(O)cc21. The van der Waals surface area contributed by atoms with Gasteiger partial charge in [-0.15, -0.1) is 0 Å². The number of aromatic nitrogens is 1. The van der Waals surface area contributed by atoms with E-state index < -0.39 is 11.2 Å². The molecule has 0 spiro atoms. The van der Waals surface area contributed by atoms with E-state index in [1.54, 1.807) is 16.7 Å². The van der Waals surface area contributed by atoms with E-state index in [2.05, 4.69) is 13.8 Å². The molecule has 1 aromatic heterocycles. The van der Waals surface area contributed by atoms with Gasteiger partial charge in [0.25, 0.3) is 0 Å². The van der Waals surface area contributed by atoms with Crippen LogP contribution in [-0.4, -0.2) is 25.0 Å². The lowest BCUT2D eigenvalue weighted by atomic mass is 9.97. The second kappa shape index (κ2) is 8.47. The van der Waals surface area contributed by atoms with E-state index in [1.165, 1.54) is 18.2 Å². The van der Waals surface area contributed by atoms with E-state index in [4.69, 9.17) is 0 Å². The van der Waals surface area contributed by atoms with Gasteiger partial charge >= 0.3 is 0 Å². The Bertz CT molecular complexity index is 1070. The van der Waals surface area contributed by atoms with Gasteiger partial charge in [0.2, 0.25) is 5.43 Å². The Morgan fingerprint density at radius 3 is 2.28 bits per heavy atom. The molecule has 2 aromatic carbocycles. The molecule has 6 heteroatoms. The Hall–Kier alpha value is -3.15. The van der Waals surface area contributed by atoms with Crippen LogP contribution in [0.4, 0.5) is 0 Å². The molecule has 0 aliphatic heterocycles. The Labute approximate surface area is 169 Å². The zero-order valence-electron chi connectivity index (χ0n) is 16.7. The summed E-state index contributed by atoms with van der Waals surface area (Å²) in [7, 11) is 0.